The van der Waals surface area contributed by atoms with Gasteiger partial charge in [0.15, 0.2) is 0 Å². The molecule has 2 aromatic carbocycles. The third-order valence-electron chi connectivity index (χ3n) is 3.92. The summed E-state index contributed by atoms with van der Waals surface area (Å²) in [4.78, 5) is 14.9. The number of nitrogens with one attached hydrogen (secondary N) is 1. The maximum absolute atomic E-state index is 13.8. The molecule has 3 N–H and O–H groups in total. The lowest BCUT2D eigenvalue weighted by atomic mass is 10.2. The number of hydrogen-bond donors (Lipinski definition) is 2. The Morgan fingerprint density at radius 3 is 2.60 bits per heavy atom. The van der Waals surface area contributed by atoms with Crippen LogP contribution >= 0.6 is 19.0 Å². The lowest BCUT2D eigenvalue weighted by Gasteiger charge is -2.18. The molecule has 8 heteroatoms. The van der Waals surface area contributed by atoms with Crippen molar-refractivity contribution in [3.8, 4) is 5.75 Å². The van der Waals surface area contributed by atoms with Crippen LogP contribution in [-0.4, -0.2) is 25.1 Å². The van der Waals surface area contributed by atoms with Crippen molar-refractivity contribution < 1.29 is 18.6 Å². The zero-order chi connectivity index (χ0) is 18.2. The average Bonchev–Trinajstić information content (AvgIpc) is 3.00. The molecular formula is C17H16ClN2O4P. The van der Waals surface area contributed by atoms with Crippen molar-refractivity contribution in [2.45, 2.75) is 0 Å². The number of aromatic amines is 1. The molecule has 0 aliphatic heterocycles. The molecule has 1 unspecified atom stereocenters. The predicted molar refractivity (Wildman–Crippen MR) is 98.7 cm³/mol. The number of amides is 1. The highest BCUT2D eigenvalue weighted by atomic mass is 35.5. The first-order chi connectivity index (χ1) is 11.9. The number of primary amides is 1. The van der Waals surface area contributed by atoms with Gasteiger partial charge in [0.05, 0.1) is 12.4 Å². The van der Waals surface area contributed by atoms with Gasteiger partial charge in [-0.3, -0.25) is 9.36 Å². The fourth-order valence-corrected chi connectivity index (χ4v) is 5.12. The van der Waals surface area contributed by atoms with Crippen molar-refractivity contribution >= 4 is 46.4 Å². The summed E-state index contributed by atoms with van der Waals surface area (Å²) in [6.45, 7) is 0. The van der Waals surface area contributed by atoms with Crippen molar-refractivity contribution in [2.75, 3.05) is 14.2 Å². The second-order valence-electron chi connectivity index (χ2n) is 5.34. The van der Waals surface area contributed by atoms with E-state index in [1.54, 1.807) is 42.5 Å². The first-order valence-electron chi connectivity index (χ1n) is 7.32. The summed E-state index contributed by atoms with van der Waals surface area (Å²) in [5.41, 5.74) is 6.12. The molecule has 0 saturated heterocycles. The second kappa shape index (κ2) is 6.56. The van der Waals surface area contributed by atoms with Crippen LogP contribution in [0.4, 0.5) is 0 Å². The summed E-state index contributed by atoms with van der Waals surface area (Å²) < 4.78 is 24.5. The summed E-state index contributed by atoms with van der Waals surface area (Å²) in [6, 6.07) is 11.7. The SMILES string of the molecule is COc1cccc(P(=O)(OC)c2c(C(N)=O)[nH]c3ccc(Cl)cc23)c1. The molecule has 0 aliphatic rings. The molecule has 0 spiro atoms. The van der Waals surface area contributed by atoms with Crippen LogP contribution < -0.4 is 21.1 Å². The van der Waals surface area contributed by atoms with E-state index in [4.69, 9.17) is 26.6 Å². The number of carbonyl (C=O) groups is 1. The third-order valence-corrected chi connectivity index (χ3v) is 6.68. The van der Waals surface area contributed by atoms with E-state index >= 15 is 0 Å². The van der Waals surface area contributed by atoms with Gasteiger partial charge in [-0.25, -0.2) is 0 Å². The number of ether oxygens (including phenoxy) is 1. The van der Waals surface area contributed by atoms with Gasteiger partial charge >= 0.3 is 0 Å². The molecule has 0 bridgehead atoms. The van der Waals surface area contributed by atoms with Gasteiger partial charge in [0.25, 0.3) is 13.3 Å². The van der Waals surface area contributed by atoms with Crippen LogP contribution in [0.5, 0.6) is 5.75 Å². The Hall–Kier alpha value is -2.27. The van der Waals surface area contributed by atoms with Gasteiger partial charge in [-0.2, -0.15) is 0 Å². The molecule has 0 radical (unpaired) electrons. The minimum absolute atomic E-state index is 0.0327. The van der Waals surface area contributed by atoms with E-state index < -0.39 is 13.3 Å². The first kappa shape index (κ1) is 17.5. The fraction of sp³-hybridized carbons (Fsp3) is 0.118. The fourth-order valence-electron chi connectivity index (χ4n) is 2.75. The molecule has 1 heterocycles. The minimum Gasteiger partial charge on any atom is -0.497 e. The van der Waals surface area contributed by atoms with E-state index in [0.29, 0.717) is 27.0 Å². The molecule has 3 rings (SSSR count). The number of nitrogens with two attached hydrogens (primary N) is 1. The van der Waals surface area contributed by atoms with Crippen LogP contribution in [0.1, 0.15) is 10.5 Å². The van der Waals surface area contributed by atoms with Crippen molar-refractivity contribution in [3.05, 3.63) is 53.2 Å². The van der Waals surface area contributed by atoms with Crippen molar-refractivity contribution in [1.29, 1.82) is 0 Å². The Labute approximate surface area is 149 Å². The number of carbonyl (C=O) groups excluding carboxylic acids is 1. The summed E-state index contributed by atoms with van der Waals surface area (Å²) in [7, 11) is -0.786. The molecule has 6 nitrogen and oxygen atoms in total. The summed E-state index contributed by atoms with van der Waals surface area (Å²) >= 11 is 6.09. The van der Waals surface area contributed by atoms with Crippen LogP contribution in [0.25, 0.3) is 10.9 Å². The number of hydrogen-bond acceptors (Lipinski definition) is 4. The number of fused-ring (bicyclic) bond motifs is 1. The summed E-state index contributed by atoms with van der Waals surface area (Å²) in [5, 5.41) is 1.55. The van der Waals surface area contributed by atoms with Crippen LogP contribution in [0.15, 0.2) is 42.5 Å². The average molecular weight is 379 g/mol. The Morgan fingerprint density at radius 2 is 1.96 bits per heavy atom. The summed E-state index contributed by atoms with van der Waals surface area (Å²) in [5.74, 6) is -0.212. The monoisotopic (exact) mass is 378 g/mol. The van der Waals surface area contributed by atoms with Crippen LogP contribution in [0.2, 0.25) is 5.02 Å². The quantitative estimate of drug-likeness (QED) is 0.667. The minimum atomic E-state index is -3.62. The zero-order valence-corrected chi connectivity index (χ0v) is 15.2. The maximum atomic E-state index is 13.8. The van der Waals surface area contributed by atoms with E-state index in [1.807, 2.05) is 0 Å². The van der Waals surface area contributed by atoms with Crippen molar-refractivity contribution in [1.82, 2.24) is 4.98 Å². The van der Waals surface area contributed by atoms with Crippen LogP contribution in [0, 0.1) is 0 Å². The van der Waals surface area contributed by atoms with E-state index in [-0.39, 0.29) is 11.0 Å². The molecule has 130 valence electrons. The molecular weight excluding hydrogens is 363 g/mol. The van der Waals surface area contributed by atoms with E-state index in [1.165, 1.54) is 14.2 Å². The summed E-state index contributed by atoms with van der Waals surface area (Å²) in [6.07, 6.45) is 0. The van der Waals surface area contributed by atoms with Gasteiger partial charge in [-0.15, -0.1) is 0 Å². The Kier molecular flexibility index (Phi) is 4.60. The van der Waals surface area contributed by atoms with Gasteiger partial charge in [0.2, 0.25) is 0 Å². The van der Waals surface area contributed by atoms with Gasteiger partial charge in [-0.1, -0.05) is 17.7 Å². The predicted octanol–water partition coefficient (Wildman–Crippen LogP) is 2.80. The van der Waals surface area contributed by atoms with Crippen LogP contribution in [0.3, 0.4) is 0 Å². The number of rotatable bonds is 5. The molecule has 0 saturated carbocycles. The number of aromatic nitrogens is 1. The second-order valence-corrected chi connectivity index (χ2v) is 8.21. The molecule has 3 aromatic rings. The smallest absolute Gasteiger partial charge is 0.266 e. The van der Waals surface area contributed by atoms with Crippen molar-refractivity contribution in [2.24, 2.45) is 5.73 Å². The Morgan fingerprint density at radius 1 is 1.20 bits per heavy atom. The van der Waals surface area contributed by atoms with E-state index in [9.17, 15) is 9.36 Å². The third kappa shape index (κ3) is 2.93. The molecule has 25 heavy (non-hydrogen) atoms. The topological polar surface area (TPSA) is 94.4 Å². The normalized spacial score (nSPS) is 13.6. The van der Waals surface area contributed by atoms with Gasteiger partial charge in [-0.05, 0) is 36.4 Å². The molecule has 1 amide bonds. The maximum Gasteiger partial charge on any atom is 0.266 e. The lowest BCUT2D eigenvalue weighted by Crippen LogP contribution is -2.25. The van der Waals surface area contributed by atoms with Gasteiger partial charge < -0.3 is 20.0 Å². The van der Waals surface area contributed by atoms with Crippen LogP contribution in [-0.2, 0) is 9.09 Å². The zero-order valence-electron chi connectivity index (χ0n) is 13.6. The first-order valence-corrected chi connectivity index (χ1v) is 9.33. The highest BCUT2D eigenvalue weighted by Gasteiger charge is 2.35. The van der Waals surface area contributed by atoms with E-state index in [0.717, 1.165) is 0 Å². The standard InChI is InChI=1S/C17H16ClN2O4P/c1-23-11-4-3-5-12(9-11)25(22,24-2)16-13-8-10(18)6-7-14(13)20-15(16)17(19)21/h3-9,20H,1-2H3,(H2,19,21). The largest absolute Gasteiger partial charge is 0.497 e. The molecule has 0 fully saturated rings. The molecule has 1 aromatic heterocycles. The Bertz CT molecular complexity index is 1020. The molecule has 1 atom stereocenters. The number of H-pyrrole nitrogens is 1. The van der Waals surface area contributed by atoms with E-state index in [2.05, 4.69) is 4.98 Å². The van der Waals surface area contributed by atoms with Crippen molar-refractivity contribution in [3.63, 3.8) is 0 Å². The number of benzene rings is 2. The number of methoxy groups -OCH3 is 1. The lowest BCUT2D eigenvalue weighted by molar-refractivity contribution is 0.0997. The van der Waals surface area contributed by atoms with Gasteiger partial charge in [0, 0.05) is 28.3 Å². The highest BCUT2D eigenvalue weighted by molar-refractivity contribution is 7.75. The molecule has 0 aliphatic carbocycles. The highest BCUT2D eigenvalue weighted by Crippen LogP contribution is 2.47. The Balaban J connectivity index is 2.37. The number of halogens is 1. The van der Waals surface area contributed by atoms with Gasteiger partial charge in [0.1, 0.15) is 11.4 Å².